The third-order valence-electron chi connectivity index (χ3n) is 3.91. The predicted octanol–water partition coefficient (Wildman–Crippen LogP) is 2.58. The first kappa shape index (κ1) is 18.4. The maximum absolute atomic E-state index is 11.4. The van der Waals surface area contributed by atoms with E-state index in [0.717, 1.165) is 19.3 Å². The molecule has 3 unspecified atom stereocenters. The molecule has 0 aromatic rings. The van der Waals surface area contributed by atoms with E-state index in [4.69, 9.17) is 9.47 Å². The van der Waals surface area contributed by atoms with Gasteiger partial charge in [0.05, 0.1) is 18.3 Å². The number of rotatable bonds is 8. The molecule has 1 saturated heterocycles. The first-order valence-corrected chi connectivity index (χ1v) is 8.01. The van der Waals surface area contributed by atoms with Crippen LogP contribution in [0.1, 0.15) is 60.3 Å². The van der Waals surface area contributed by atoms with E-state index in [1.54, 1.807) is 6.92 Å². The lowest BCUT2D eigenvalue weighted by Crippen LogP contribution is -2.52. The molecular weight excluding hydrogens is 270 g/mol. The lowest BCUT2D eigenvalue weighted by atomic mass is 9.95. The van der Waals surface area contributed by atoms with E-state index in [1.807, 2.05) is 13.8 Å². The lowest BCUT2D eigenvalue weighted by Gasteiger charge is -2.32. The van der Waals surface area contributed by atoms with E-state index in [2.05, 4.69) is 19.2 Å². The molecule has 0 aromatic carbocycles. The van der Waals surface area contributed by atoms with Crippen molar-refractivity contribution in [2.45, 2.75) is 90.2 Å². The fourth-order valence-electron chi connectivity index (χ4n) is 3.03. The number of aliphatic carboxylic acids is 1. The van der Waals surface area contributed by atoms with Crippen molar-refractivity contribution in [1.82, 2.24) is 5.32 Å². The zero-order valence-corrected chi connectivity index (χ0v) is 14.0. The average Bonchev–Trinajstić information content (AvgIpc) is 2.32. The van der Waals surface area contributed by atoms with Crippen molar-refractivity contribution in [2.75, 3.05) is 6.61 Å². The zero-order valence-electron chi connectivity index (χ0n) is 14.0. The van der Waals surface area contributed by atoms with Crippen LogP contribution in [0.15, 0.2) is 0 Å². The van der Waals surface area contributed by atoms with Crippen LogP contribution in [0, 0.1) is 0 Å². The lowest BCUT2D eigenvalue weighted by molar-refractivity contribution is -0.145. The summed E-state index contributed by atoms with van der Waals surface area (Å²) in [6, 6.07) is 0.143. The number of ether oxygens (including phenoxy) is 2. The van der Waals surface area contributed by atoms with E-state index in [9.17, 15) is 9.90 Å². The summed E-state index contributed by atoms with van der Waals surface area (Å²) in [6.07, 6.45) is 3.86. The van der Waals surface area contributed by atoms with Gasteiger partial charge in [0.25, 0.3) is 0 Å². The quantitative estimate of drug-likeness (QED) is 0.674. The molecule has 1 fully saturated rings. The summed E-state index contributed by atoms with van der Waals surface area (Å²) in [5.41, 5.74) is -0.881. The molecule has 124 valence electrons. The van der Waals surface area contributed by atoms with Gasteiger partial charge in [0.1, 0.15) is 5.54 Å². The Morgan fingerprint density at radius 1 is 1.38 bits per heavy atom. The van der Waals surface area contributed by atoms with Crippen LogP contribution >= 0.6 is 0 Å². The molecule has 0 bridgehead atoms. The smallest absolute Gasteiger partial charge is 0.323 e. The fourth-order valence-corrected chi connectivity index (χ4v) is 3.03. The molecule has 5 heteroatoms. The molecule has 5 nitrogen and oxygen atoms in total. The molecule has 1 rings (SSSR count). The van der Waals surface area contributed by atoms with Crippen molar-refractivity contribution in [2.24, 2.45) is 0 Å². The molecule has 21 heavy (non-hydrogen) atoms. The Morgan fingerprint density at radius 3 is 2.43 bits per heavy atom. The predicted molar refractivity (Wildman–Crippen MR) is 82.5 cm³/mol. The monoisotopic (exact) mass is 301 g/mol. The molecule has 0 aromatic heterocycles. The van der Waals surface area contributed by atoms with Crippen molar-refractivity contribution < 1.29 is 19.4 Å². The van der Waals surface area contributed by atoms with Gasteiger partial charge in [-0.3, -0.25) is 10.1 Å². The molecule has 1 aliphatic heterocycles. The Labute approximate surface area is 128 Å². The SMILES string of the molecule is CC(C)NC(C)(CCCOC1CC(C)OC(C)C1)C(=O)O. The van der Waals surface area contributed by atoms with Crippen molar-refractivity contribution in [3.8, 4) is 0 Å². The summed E-state index contributed by atoms with van der Waals surface area (Å²) in [5, 5.41) is 12.5. The molecule has 0 spiro atoms. The van der Waals surface area contributed by atoms with Crippen LogP contribution in [0.4, 0.5) is 0 Å². The maximum Gasteiger partial charge on any atom is 0.323 e. The third kappa shape index (κ3) is 6.32. The number of carbonyl (C=O) groups is 1. The summed E-state index contributed by atoms with van der Waals surface area (Å²) in [7, 11) is 0. The van der Waals surface area contributed by atoms with Gasteiger partial charge in [0.15, 0.2) is 0 Å². The Morgan fingerprint density at radius 2 is 1.95 bits per heavy atom. The van der Waals surface area contributed by atoms with Crippen LogP contribution in [0.3, 0.4) is 0 Å². The van der Waals surface area contributed by atoms with Crippen molar-refractivity contribution >= 4 is 5.97 Å². The van der Waals surface area contributed by atoms with Gasteiger partial charge >= 0.3 is 5.97 Å². The molecule has 0 radical (unpaired) electrons. The Hall–Kier alpha value is -0.650. The number of carboxylic acids is 1. The van der Waals surface area contributed by atoms with E-state index in [1.165, 1.54) is 0 Å². The summed E-state index contributed by atoms with van der Waals surface area (Å²) in [6.45, 7) is 10.4. The zero-order chi connectivity index (χ0) is 16.0. The molecule has 0 saturated carbocycles. The van der Waals surface area contributed by atoms with Crippen LogP contribution in [-0.2, 0) is 14.3 Å². The summed E-state index contributed by atoms with van der Waals surface area (Å²) in [4.78, 5) is 11.4. The van der Waals surface area contributed by atoms with Gasteiger partial charge in [-0.15, -0.1) is 0 Å². The van der Waals surface area contributed by atoms with Crippen molar-refractivity contribution in [3.05, 3.63) is 0 Å². The Bertz CT molecular complexity index is 324. The van der Waals surface area contributed by atoms with Crippen LogP contribution in [0.5, 0.6) is 0 Å². The molecule has 1 heterocycles. The minimum absolute atomic E-state index is 0.143. The normalized spacial score (nSPS) is 29.3. The number of hydrogen-bond donors (Lipinski definition) is 2. The van der Waals surface area contributed by atoms with Gasteiger partial charge in [0.2, 0.25) is 0 Å². The molecule has 2 N–H and O–H groups in total. The van der Waals surface area contributed by atoms with Gasteiger partial charge in [-0.25, -0.2) is 0 Å². The molecular formula is C16H31NO4. The van der Waals surface area contributed by atoms with Crippen LogP contribution < -0.4 is 5.32 Å². The summed E-state index contributed by atoms with van der Waals surface area (Å²) >= 11 is 0. The van der Waals surface area contributed by atoms with E-state index in [-0.39, 0.29) is 24.4 Å². The first-order valence-electron chi connectivity index (χ1n) is 8.01. The number of carboxylic acid groups (broad SMARTS) is 1. The Balaban J connectivity index is 2.33. The van der Waals surface area contributed by atoms with Crippen LogP contribution in [-0.4, -0.2) is 47.6 Å². The second-order valence-electron chi connectivity index (χ2n) is 6.76. The number of nitrogens with one attached hydrogen (secondary N) is 1. The Kier molecular flexibility index (Phi) is 7.10. The second kappa shape index (κ2) is 8.11. The summed E-state index contributed by atoms with van der Waals surface area (Å²) < 4.78 is 11.6. The number of hydrogen-bond acceptors (Lipinski definition) is 4. The van der Waals surface area contributed by atoms with Gasteiger partial charge < -0.3 is 14.6 Å². The highest BCUT2D eigenvalue weighted by Gasteiger charge is 2.33. The highest BCUT2D eigenvalue weighted by atomic mass is 16.5. The van der Waals surface area contributed by atoms with E-state index >= 15 is 0 Å². The van der Waals surface area contributed by atoms with Crippen LogP contribution in [0.2, 0.25) is 0 Å². The largest absolute Gasteiger partial charge is 0.480 e. The van der Waals surface area contributed by atoms with Gasteiger partial charge in [-0.05, 0) is 60.3 Å². The molecule has 0 aliphatic carbocycles. The third-order valence-corrected chi connectivity index (χ3v) is 3.91. The topological polar surface area (TPSA) is 67.8 Å². The van der Waals surface area contributed by atoms with Gasteiger partial charge in [-0.2, -0.15) is 0 Å². The minimum atomic E-state index is -0.881. The minimum Gasteiger partial charge on any atom is -0.480 e. The highest BCUT2D eigenvalue weighted by molar-refractivity contribution is 5.78. The molecule has 0 amide bonds. The second-order valence-corrected chi connectivity index (χ2v) is 6.76. The highest BCUT2D eigenvalue weighted by Crippen LogP contribution is 2.22. The fraction of sp³-hybridized carbons (Fsp3) is 0.938. The molecule has 1 aliphatic rings. The van der Waals surface area contributed by atoms with Crippen molar-refractivity contribution in [3.63, 3.8) is 0 Å². The first-order chi connectivity index (χ1) is 9.73. The summed E-state index contributed by atoms with van der Waals surface area (Å²) in [5.74, 6) is -0.801. The standard InChI is InChI=1S/C16H31NO4/c1-11(2)17-16(5,15(18)19)7-6-8-20-14-9-12(3)21-13(4)10-14/h11-14,17H,6-10H2,1-5H3,(H,18,19). The van der Waals surface area contributed by atoms with Crippen LogP contribution in [0.25, 0.3) is 0 Å². The van der Waals surface area contributed by atoms with Gasteiger partial charge in [-0.1, -0.05) is 0 Å². The van der Waals surface area contributed by atoms with Crippen molar-refractivity contribution in [1.29, 1.82) is 0 Å². The van der Waals surface area contributed by atoms with E-state index < -0.39 is 11.5 Å². The maximum atomic E-state index is 11.4. The average molecular weight is 301 g/mol. The molecule has 3 atom stereocenters. The van der Waals surface area contributed by atoms with Gasteiger partial charge in [0, 0.05) is 12.6 Å². The van der Waals surface area contributed by atoms with E-state index in [0.29, 0.717) is 13.0 Å².